The van der Waals surface area contributed by atoms with E-state index in [1.165, 1.54) is 19.3 Å². The van der Waals surface area contributed by atoms with Crippen LogP contribution in [0.4, 0.5) is 0 Å². The average molecular weight is 293 g/mol. The van der Waals surface area contributed by atoms with E-state index in [9.17, 15) is 0 Å². The zero-order chi connectivity index (χ0) is 14.7. The minimum Gasteiger partial charge on any atom is -0.367 e. The second-order valence-electron chi connectivity index (χ2n) is 6.63. The van der Waals surface area contributed by atoms with E-state index in [0.717, 1.165) is 44.1 Å². The smallest absolute Gasteiger partial charge is 0.231 e. The molecule has 3 atom stereocenters. The standard InChI is InChI=1S/C16H27N3O2/c1-3-20-16(8-4-6-12(2)10-16)15-18-14(21-19-15)13-7-5-9-17-11-13/h12-13,17H,3-11H2,1-2H3/t12?,13-,16?/m1/s1. The topological polar surface area (TPSA) is 60.2 Å². The van der Waals surface area contributed by atoms with Crippen LogP contribution >= 0.6 is 0 Å². The Kier molecular flexibility index (Phi) is 4.60. The van der Waals surface area contributed by atoms with Gasteiger partial charge in [-0.15, -0.1) is 0 Å². The zero-order valence-corrected chi connectivity index (χ0v) is 13.2. The molecule has 0 aromatic carbocycles. The summed E-state index contributed by atoms with van der Waals surface area (Å²) in [4.78, 5) is 4.74. The van der Waals surface area contributed by atoms with Gasteiger partial charge in [-0.3, -0.25) is 0 Å². The van der Waals surface area contributed by atoms with Gasteiger partial charge in [0.1, 0.15) is 5.60 Å². The van der Waals surface area contributed by atoms with Gasteiger partial charge in [0.15, 0.2) is 0 Å². The van der Waals surface area contributed by atoms with Gasteiger partial charge >= 0.3 is 0 Å². The molecule has 1 aromatic heterocycles. The number of piperidine rings is 1. The molecule has 1 saturated carbocycles. The van der Waals surface area contributed by atoms with Crippen molar-refractivity contribution in [2.45, 2.75) is 63.9 Å². The highest BCUT2D eigenvalue weighted by atomic mass is 16.5. The lowest BCUT2D eigenvalue weighted by molar-refractivity contribution is -0.0891. The van der Waals surface area contributed by atoms with Gasteiger partial charge in [0.05, 0.1) is 5.92 Å². The molecule has 2 heterocycles. The Bertz CT molecular complexity index is 452. The molecule has 2 aliphatic rings. The van der Waals surface area contributed by atoms with Crippen LogP contribution in [0.2, 0.25) is 0 Å². The van der Waals surface area contributed by atoms with Crippen LogP contribution in [0.15, 0.2) is 4.52 Å². The first kappa shape index (κ1) is 15.0. The molecule has 118 valence electrons. The van der Waals surface area contributed by atoms with E-state index in [1.54, 1.807) is 0 Å². The van der Waals surface area contributed by atoms with E-state index in [4.69, 9.17) is 14.2 Å². The summed E-state index contributed by atoms with van der Waals surface area (Å²) in [7, 11) is 0. The molecule has 0 amide bonds. The summed E-state index contributed by atoms with van der Waals surface area (Å²) in [5, 5.41) is 7.71. The average Bonchev–Trinajstić information content (AvgIpc) is 2.99. The summed E-state index contributed by atoms with van der Waals surface area (Å²) in [5.41, 5.74) is -0.323. The van der Waals surface area contributed by atoms with Crippen molar-refractivity contribution in [1.29, 1.82) is 0 Å². The highest BCUT2D eigenvalue weighted by Crippen LogP contribution is 2.42. The van der Waals surface area contributed by atoms with Crippen molar-refractivity contribution in [2.75, 3.05) is 19.7 Å². The number of hydrogen-bond donors (Lipinski definition) is 1. The Morgan fingerprint density at radius 1 is 1.38 bits per heavy atom. The molecule has 5 nitrogen and oxygen atoms in total. The predicted octanol–water partition coefficient (Wildman–Crippen LogP) is 2.98. The number of nitrogens with one attached hydrogen (secondary N) is 1. The molecule has 2 fully saturated rings. The van der Waals surface area contributed by atoms with Crippen molar-refractivity contribution in [2.24, 2.45) is 5.92 Å². The Labute approximate surface area is 126 Å². The molecular formula is C16H27N3O2. The largest absolute Gasteiger partial charge is 0.367 e. The highest BCUT2D eigenvalue weighted by Gasteiger charge is 2.42. The van der Waals surface area contributed by atoms with Crippen LogP contribution < -0.4 is 5.32 Å². The minimum absolute atomic E-state index is 0.323. The molecule has 1 saturated heterocycles. The molecule has 1 aromatic rings. The molecule has 1 aliphatic heterocycles. The summed E-state index contributed by atoms with van der Waals surface area (Å²) < 4.78 is 11.7. The first-order valence-electron chi connectivity index (χ1n) is 8.42. The van der Waals surface area contributed by atoms with Crippen molar-refractivity contribution >= 4 is 0 Å². The Morgan fingerprint density at radius 3 is 3.00 bits per heavy atom. The summed E-state index contributed by atoms with van der Waals surface area (Å²) in [6.45, 7) is 7.07. The Morgan fingerprint density at radius 2 is 2.29 bits per heavy atom. The number of nitrogens with zero attached hydrogens (tertiary/aromatic N) is 2. The second-order valence-corrected chi connectivity index (χ2v) is 6.63. The number of hydrogen-bond acceptors (Lipinski definition) is 5. The maximum absolute atomic E-state index is 6.13. The quantitative estimate of drug-likeness (QED) is 0.924. The highest BCUT2D eigenvalue weighted by molar-refractivity contribution is 5.06. The van der Waals surface area contributed by atoms with Crippen molar-refractivity contribution in [3.63, 3.8) is 0 Å². The van der Waals surface area contributed by atoms with E-state index in [1.807, 2.05) is 6.92 Å². The molecule has 5 heteroatoms. The summed E-state index contributed by atoms with van der Waals surface area (Å²) in [5.74, 6) is 2.58. The molecule has 2 unspecified atom stereocenters. The number of aromatic nitrogens is 2. The predicted molar refractivity (Wildman–Crippen MR) is 80.1 cm³/mol. The van der Waals surface area contributed by atoms with E-state index in [-0.39, 0.29) is 5.60 Å². The third-order valence-corrected chi connectivity index (χ3v) is 4.87. The van der Waals surface area contributed by atoms with Gasteiger partial charge < -0.3 is 14.6 Å². The Balaban J connectivity index is 1.81. The van der Waals surface area contributed by atoms with E-state index >= 15 is 0 Å². The molecule has 0 bridgehead atoms. The van der Waals surface area contributed by atoms with Crippen LogP contribution in [0.3, 0.4) is 0 Å². The van der Waals surface area contributed by atoms with Gasteiger partial charge in [-0.05, 0) is 51.5 Å². The lowest BCUT2D eigenvalue weighted by atomic mass is 9.78. The number of ether oxygens (including phenoxy) is 1. The van der Waals surface area contributed by atoms with Crippen LogP contribution in [-0.2, 0) is 10.3 Å². The number of rotatable bonds is 4. The summed E-state index contributed by atoms with van der Waals surface area (Å²) >= 11 is 0. The molecule has 3 rings (SSSR count). The van der Waals surface area contributed by atoms with Crippen LogP contribution in [0.25, 0.3) is 0 Å². The Hall–Kier alpha value is -0.940. The van der Waals surface area contributed by atoms with Crippen LogP contribution in [0, 0.1) is 5.92 Å². The lowest BCUT2D eigenvalue weighted by Gasteiger charge is -2.37. The van der Waals surface area contributed by atoms with Gasteiger partial charge in [0, 0.05) is 13.2 Å². The van der Waals surface area contributed by atoms with Gasteiger partial charge in [0.25, 0.3) is 0 Å². The maximum atomic E-state index is 6.13. The SMILES string of the molecule is CCOC1(c2noc([C@@H]3CCCNC3)n2)CCCC(C)C1. The molecule has 21 heavy (non-hydrogen) atoms. The van der Waals surface area contributed by atoms with Gasteiger partial charge in [-0.25, -0.2) is 0 Å². The second kappa shape index (κ2) is 6.44. The van der Waals surface area contributed by atoms with Crippen molar-refractivity contribution in [3.05, 3.63) is 11.7 Å². The zero-order valence-electron chi connectivity index (χ0n) is 13.2. The molecule has 1 N–H and O–H groups in total. The third-order valence-electron chi connectivity index (χ3n) is 4.87. The van der Waals surface area contributed by atoms with Crippen LogP contribution in [-0.4, -0.2) is 29.8 Å². The van der Waals surface area contributed by atoms with Crippen molar-refractivity contribution in [1.82, 2.24) is 15.5 Å². The van der Waals surface area contributed by atoms with Crippen LogP contribution in [0.1, 0.15) is 70.0 Å². The molecular weight excluding hydrogens is 266 g/mol. The fraction of sp³-hybridized carbons (Fsp3) is 0.875. The maximum Gasteiger partial charge on any atom is 0.231 e. The first-order chi connectivity index (χ1) is 10.2. The van der Waals surface area contributed by atoms with E-state index in [0.29, 0.717) is 18.4 Å². The van der Waals surface area contributed by atoms with Crippen molar-refractivity contribution < 1.29 is 9.26 Å². The first-order valence-corrected chi connectivity index (χ1v) is 8.42. The molecule has 1 aliphatic carbocycles. The van der Waals surface area contributed by atoms with Gasteiger partial charge in [0.2, 0.25) is 11.7 Å². The monoisotopic (exact) mass is 293 g/mol. The fourth-order valence-electron chi connectivity index (χ4n) is 3.83. The van der Waals surface area contributed by atoms with E-state index < -0.39 is 0 Å². The third kappa shape index (κ3) is 3.14. The fourth-order valence-corrected chi connectivity index (χ4v) is 3.83. The lowest BCUT2D eigenvalue weighted by Crippen LogP contribution is -2.36. The summed E-state index contributed by atoms with van der Waals surface area (Å²) in [6, 6.07) is 0. The van der Waals surface area contributed by atoms with Gasteiger partial charge in [-0.1, -0.05) is 18.5 Å². The minimum atomic E-state index is -0.323. The van der Waals surface area contributed by atoms with E-state index in [2.05, 4.69) is 17.4 Å². The van der Waals surface area contributed by atoms with Crippen LogP contribution in [0.5, 0.6) is 0 Å². The van der Waals surface area contributed by atoms with Crippen molar-refractivity contribution in [3.8, 4) is 0 Å². The molecule has 0 spiro atoms. The van der Waals surface area contributed by atoms with Gasteiger partial charge in [-0.2, -0.15) is 4.98 Å². The summed E-state index contributed by atoms with van der Waals surface area (Å²) in [6.07, 6.45) is 6.76. The molecule has 0 radical (unpaired) electrons. The normalized spacial score (nSPS) is 34.0.